The van der Waals surface area contributed by atoms with Gasteiger partial charge in [0.1, 0.15) is 5.75 Å². The Kier molecular flexibility index (Phi) is 5.82. The molecule has 1 aliphatic heterocycles. The summed E-state index contributed by atoms with van der Waals surface area (Å²) in [5, 5.41) is 0. The van der Waals surface area contributed by atoms with E-state index in [-0.39, 0.29) is 35.8 Å². The molecular weight excluding hydrogens is 364 g/mol. The predicted octanol–water partition coefficient (Wildman–Crippen LogP) is 1.81. The summed E-state index contributed by atoms with van der Waals surface area (Å²) in [5.74, 6) is 0.701. The molecule has 3 rings (SSSR count). The molecule has 1 fully saturated rings. The second kappa shape index (κ2) is 8.10. The lowest BCUT2D eigenvalue weighted by molar-refractivity contribution is -0.130. The predicted molar refractivity (Wildman–Crippen MR) is 103 cm³/mol. The fourth-order valence-electron chi connectivity index (χ4n) is 3.28. The van der Waals surface area contributed by atoms with Crippen LogP contribution in [0, 0.1) is 0 Å². The van der Waals surface area contributed by atoms with Gasteiger partial charge in [-0.05, 0) is 29.8 Å². The Labute approximate surface area is 159 Å². The van der Waals surface area contributed by atoms with Gasteiger partial charge in [-0.3, -0.25) is 4.79 Å². The minimum atomic E-state index is -3.23. The molecule has 6 nitrogen and oxygen atoms in total. The third-order valence-corrected chi connectivity index (χ3v) is 5.91. The van der Waals surface area contributed by atoms with Crippen molar-refractivity contribution in [2.45, 2.75) is 23.3 Å². The number of carbonyl (C=O) groups excluding carboxylic acids is 1. The average Bonchev–Trinajstić information content (AvgIpc) is 3.04. The zero-order valence-electron chi connectivity index (χ0n) is 15.2. The zero-order chi connectivity index (χ0) is 19.4. The minimum Gasteiger partial charge on any atom is -0.493 e. The number of carbonyl (C=O) groups is 1. The summed E-state index contributed by atoms with van der Waals surface area (Å²) in [6.07, 6.45) is 1.41. The summed E-state index contributed by atoms with van der Waals surface area (Å²) in [7, 11) is -3.23. The van der Waals surface area contributed by atoms with Crippen LogP contribution in [0.2, 0.25) is 0 Å². The van der Waals surface area contributed by atoms with Gasteiger partial charge >= 0.3 is 0 Å². The number of hydrogen-bond donors (Lipinski definition) is 1. The standard InChI is InChI=1S/C20H24N2O4S/c1-27(24,25)17-9-7-16(8-10-17)26-12-11-20(23)22-13-18(19(21)14-22)15-5-3-2-4-6-15/h2-10,18-19H,11-14,21H2,1H3/t18-,19+/m0/s1. The Bertz CT molecular complexity index is 882. The largest absolute Gasteiger partial charge is 0.493 e. The van der Waals surface area contributed by atoms with Crippen molar-refractivity contribution >= 4 is 15.7 Å². The van der Waals surface area contributed by atoms with E-state index in [9.17, 15) is 13.2 Å². The van der Waals surface area contributed by atoms with Crippen molar-refractivity contribution < 1.29 is 17.9 Å². The van der Waals surface area contributed by atoms with Crippen LogP contribution in [0.5, 0.6) is 5.75 Å². The van der Waals surface area contributed by atoms with Crippen LogP contribution in [-0.2, 0) is 14.6 Å². The highest BCUT2D eigenvalue weighted by atomic mass is 32.2. The van der Waals surface area contributed by atoms with Crippen LogP contribution in [0.15, 0.2) is 59.5 Å². The molecule has 2 atom stereocenters. The Hall–Kier alpha value is -2.38. The van der Waals surface area contributed by atoms with Crippen molar-refractivity contribution in [1.29, 1.82) is 0 Å². The summed E-state index contributed by atoms with van der Waals surface area (Å²) < 4.78 is 28.5. The first kappa shape index (κ1) is 19.4. The van der Waals surface area contributed by atoms with Crippen molar-refractivity contribution in [3.05, 3.63) is 60.2 Å². The highest BCUT2D eigenvalue weighted by Crippen LogP contribution is 2.26. The maximum absolute atomic E-state index is 12.5. The number of rotatable bonds is 6. The molecule has 1 aliphatic rings. The van der Waals surface area contributed by atoms with E-state index in [1.54, 1.807) is 17.0 Å². The van der Waals surface area contributed by atoms with Gasteiger partial charge in [-0.2, -0.15) is 0 Å². The fraction of sp³-hybridized carbons (Fsp3) is 0.350. The molecule has 27 heavy (non-hydrogen) atoms. The minimum absolute atomic E-state index is 0.0108. The van der Waals surface area contributed by atoms with E-state index in [4.69, 9.17) is 10.5 Å². The van der Waals surface area contributed by atoms with Crippen molar-refractivity contribution in [1.82, 2.24) is 4.90 Å². The van der Waals surface area contributed by atoms with Crippen LogP contribution in [0.25, 0.3) is 0 Å². The quantitative estimate of drug-likeness (QED) is 0.815. The molecule has 144 valence electrons. The van der Waals surface area contributed by atoms with Gasteiger partial charge in [-0.25, -0.2) is 8.42 Å². The number of nitrogens with two attached hydrogens (primary N) is 1. The first-order chi connectivity index (χ1) is 12.8. The van der Waals surface area contributed by atoms with Crippen LogP contribution in [0.4, 0.5) is 0 Å². The van der Waals surface area contributed by atoms with E-state index in [0.717, 1.165) is 11.8 Å². The smallest absolute Gasteiger partial charge is 0.226 e. The Morgan fingerprint density at radius 1 is 1.11 bits per heavy atom. The molecule has 2 N–H and O–H groups in total. The van der Waals surface area contributed by atoms with Gasteiger partial charge in [0.05, 0.1) is 17.9 Å². The van der Waals surface area contributed by atoms with Gasteiger partial charge in [-0.15, -0.1) is 0 Å². The van der Waals surface area contributed by atoms with Crippen LogP contribution in [0.3, 0.4) is 0 Å². The monoisotopic (exact) mass is 388 g/mol. The zero-order valence-corrected chi connectivity index (χ0v) is 16.1. The molecule has 2 aromatic carbocycles. The fourth-order valence-corrected chi connectivity index (χ4v) is 3.91. The van der Waals surface area contributed by atoms with Crippen molar-refractivity contribution in [3.8, 4) is 5.75 Å². The number of nitrogens with zero attached hydrogens (tertiary/aromatic N) is 1. The van der Waals surface area contributed by atoms with E-state index < -0.39 is 9.84 Å². The van der Waals surface area contributed by atoms with E-state index in [1.165, 1.54) is 12.1 Å². The second-order valence-corrected chi connectivity index (χ2v) is 8.84. The van der Waals surface area contributed by atoms with Gasteiger partial charge in [0.25, 0.3) is 0 Å². The number of ether oxygens (including phenoxy) is 1. The van der Waals surface area contributed by atoms with Gasteiger partial charge in [0.2, 0.25) is 5.91 Å². The highest BCUT2D eigenvalue weighted by Gasteiger charge is 2.33. The van der Waals surface area contributed by atoms with Crippen molar-refractivity contribution in [2.24, 2.45) is 5.73 Å². The van der Waals surface area contributed by atoms with Crippen LogP contribution in [0.1, 0.15) is 17.9 Å². The van der Waals surface area contributed by atoms with Crippen LogP contribution >= 0.6 is 0 Å². The lowest BCUT2D eigenvalue weighted by Gasteiger charge is -2.16. The van der Waals surface area contributed by atoms with E-state index in [1.807, 2.05) is 30.3 Å². The number of likely N-dealkylation sites (tertiary alicyclic amines) is 1. The van der Waals surface area contributed by atoms with E-state index >= 15 is 0 Å². The SMILES string of the molecule is CS(=O)(=O)c1ccc(OCCC(=O)N2C[C@@H](N)[C@H](c3ccccc3)C2)cc1. The first-order valence-electron chi connectivity index (χ1n) is 8.86. The van der Waals surface area contributed by atoms with Gasteiger partial charge < -0.3 is 15.4 Å². The summed E-state index contributed by atoms with van der Waals surface area (Å²) >= 11 is 0. The number of benzene rings is 2. The number of hydrogen-bond acceptors (Lipinski definition) is 5. The molecule has 0 aliphatic carbocycles. The Morgan fingerprint density at radius 2 is 1.78 bits per heavy atom. The van der Waals surface area contributed by atoms with Crippen LogP contribution in [-0.4, -0.2) is 51.2 Å². The van der Waals surface area contributed by atoms with Gasteiger partial charge in [0, 0.05) is 31.3 Å². The molecule has 1 saturated heterocycles. The molecule has 0 unspecified atom stereocenters. The number of sulfone groups is 1. The summed E-state index contributed by atoms with van der Waals surface area (Å²) in [5.41, 5.74) is 7.39. The molecule has 0 radical (unpaired) electrons. The molecule has 7 heteroatoms. The van der Waals surface area contributed by atoms with E-state index in [0.29, 0.717) is 18.8 Å². The second-order valence-electron chi connectivity index (χ2n) is 6.82. The normalized spacial score (nSPS) is 19.9. The van der Waals surface area contributed by atoms with Gasteiger partial charge in [0.15, 0.2) is 9.84 Å². The lowest BCUT2D eigenvalue weighted by atomic mass is 9.95. The maximum Gasteiger partial charge on any atom is 0.226 e. The summed E-state index contributed by atoms with van der Waals surface area (Å²) in [6, 6.07) is 16.1. The molecule has 2 aromatic rings. The third kappa shape index (κ3) is 4.87. The van der Waals surface area contributed by atoms with Crippen molar-refractivity contribution in [2.75, 3.05) is 26.0 Å². The Balaban J connectivity index is 1.50. The van der Waals surface area contributed by atoms with Crippen LogP contribution < -0.4 is 10.5 Å². The molecule has 0 aromatic heterocycles. The molecule has 0 saturated carbocycles. The molecule has 0 bridgehead atoms. The lowest BCUT2D eigenvalue weighted by Crippen LogP contribution is -2.32. The van der Waals surface area contributed by atoms with Gasteiger partial charge in [-0.1, -0.05) is 30.3 Å². The molecule has 1 amide bonds. The summed E-state index contributed by atoms with van der Waals surface area (Å²) in [6.45, 7) is 1.40. The first-order valence-corrected chi connectivity index (χ1v) is 10.7. The highest BCUT2D eigenvalue weighted by molar-refractivity contribution is 7.90. The molecule has 0 spiro atoms. The third-order valence-electron chi connectivity index (χ3n) is 4.78. The van der Waals surface area contributed by atoms with E-state index in [2.05, 4.69) is 0 Å². The molecular formula is C20H24N2O4S. The topological polar surface area (TPSA) is 89.7 Å². The van der Waals surface area contributed by atoms with Crippen molar-refractivity contribution in [3.63, 3.8) is 0 Å². The summed E-state index contributed by atoms with van der Waals surface area (Å²) in [4.78, 5) is 14.5. The number of amides is 1. The maximum atomic E-state index is 12.5. The average molecular weight is 388 g/mol. The molecule has 1 heterocycles. The Morgan fingerprint density at radius 3 is 2.41 bits per heavy atom.